The summed E-state index contributed by atoms with van der Waals surface area (Å²) in [6.45, 7) is 3.95. The van der Waals surface area contributed by atoms with E-state index >= 15 is 14.4 Å². The minimum absolute atomic E-state index is 0.0184. The van der Waals surface area contributed by atoms with Crippen molar-refractivity contribution < 1.29 is 24.0 Å². The van der Waals surface area contributed by atoms with E-state index in [1.807, 2.05) is 220 Å². The van der Waals surface area contributed by atoms with Gasteiger partial charge in [0.25, 0.3) is 11.8 Å². The lowest BCUT2D eigenvalue weighted by Crippen LogP contribution is -2.72. The van der Waals surface area contributed by atoms with Crippen LogP contribution < -0.4 is 10.6 Å². The van der Waals surface area contributed by atoms with Crippen LogP contribution in [-0.4, -0.2) is 50.4 Å². The number of rotatable bonds is 19. The number of nitrogens with one attached hydrogen (secondary N) is 2. The quantitative estimate of drug-likeness (QED) is 0.0267. The molecule has 416 valence electrons. The second-order valence-corrected chi connectivity index (χ2v) is 24.4. The Morgan fingerprint density at radius 1 is 0.631 bits per heavy atom. The molecule has 0 bridgehead atoms. The van der Waals surface area contributed by atoms with Crippen LogP contribution >= 0.6 is 46.0 Å². The van der Waals surface area contributed by atoms with Crippen molar-refractivity contribution >= 4 is 74.7 Å². The van der Waals surface area contributed by atoms with E-state index < -0.39 is 47.1 Å². The molecular formula is C69H55ClN6O5S3. The van der Waals surface area contributed by atoms with E-state index in [-0.39, 0.29) is 21.4 Å². The van der Waals surface area contributed by atoms with Crippen LogP contribution in [0.2, 0.25) is 4.34 Å². The summed E-state index contributed by atoms with van der Waals surface area (Å²) in [5.74, 6) is -1.95. The van der Waals surface area contributed by atoms with Gasteiger partial charge in [0.1, 0.15) is 27.3 Å². The summed E-state index contributed by atoms with van der Waals surface area (Å²) in [4.78, 5) is 66.1. The summed E-state index contributed by atoms with van der Waals surface area (Å²) >= 11 is 11.4. The molecule has 0 aliphatic carbocycles. The molecule has 2 N–H and O–H groups in total. The van der Waals surface area contributed by atoms with E-state index in [1.165, 1.54) is 28.0 Å². The van der Waals surface area contributed by atoms with Crippen molar-refractivity contribution in [3.8, 4) is 0 Å². The highest BCUT2D eigenvalue weighted by Crippen LogP contribution is 2.47. The van der Waals surface area contributed by atoms with Crippen LogP contribution in [0.3, 0.4) is 0 Å². The second kappa shape index (κ2) is 24.5. The highest BCUT2D eigenvalue weighted by atomic mass is 35.5. The number of aryl methyl sites for hydroxylation is 2. The topological polar surface area (TPSA) is 135 Å². The molecule has 15 heteroatoms. The Balaban J connectivity index is 0.953. The lowest BCUT2D eigenvalue weighted by Gasteiger charge is -2.50. The zero-order valence-electron chi connectivity index (χ0n) is 45.7. The Bertz CT molecular complexity index is 3760. The number of amides is 2. The Hall–Kier alpha value is -8.92. The Kier molecular flexibility index (Phi) is 16.2. The number of aromatic nitrogens is 2. The average Bonchev–Trinajstić information content (AvgIpc) is 1.31. The van der Waals surface area contributed by atoms with Gasteiger partial charge < -0.3 is 20.2 Å². The van der Waals surface area contributed by atoms with Crippen LogP contribution in [0, 0.1) is 13.8 Å². The van der Waals surface area contributed by atoms with E-state index in [9.17, 15) is 0 Å². The number of esters is 1. The maximum atomic E-state index is 15.7. The Morgan fingerprint density at radius 3 is 1.51 bits per heavy atom. The lowest BCUT2D eigenvalue weighted by atomic mass is 9.77. The number of ether oxygens (including phenoxy) is 1. The first-order chi connectivity index (χ1) is 41.1. The lowest BCUT2D eigenvalue weighted by molar-refractivity contribution is -0.158. The normalized spacial score (nSPS) is 15.3. The average molecular weight is 1180 g/mol. The van der Waals surface area contributed by atoms with Crippen LogP contribution in [0.15, 0.2) is 263 Å². The van der Waals surface area contributed by atoms with E-state index in [2.05, 4.69) is 47.0 Å². The first-order valence-corrected chi connectivity index (χ1v) is 30.3. The summed E-state index contributed by atoms with van der Waals surface area (Å²) in [6.07, 6.45) is 0.0176. The van der Waals surface area contributed by atoms with Gasteiger partial charge in [0.2, 0.25) is 5.60 Å². The number of oxime groups is 1. The van der Waals surface area contributed by atoms with E-state index in [0.29, 0.717) is 22.9 Å². The summed E-state index contributed by atoms with van der Waals surface area (Å²) in [6, 6.07) is 76.6. The second-order valence-electron chi connectivity index (χ2n) is 20.3. The first kappa shape index (κ1) is 55.6. The monoisotopic (exact) mass is 1180 g/mol. The molecule has 11 nitrogen and oxygen atoms in total. The zero-order chi connectivity index (χ0) is 57.6. The number of carbonyl (C=O) groups is 3. The summed E-state index contributed by atoms with van der Waals surface area (Å²) < 4.78 is 7.38. The molecule has 0 unspecified atom stereocenters. The van der Waals surface area contributed by atoms with Gasteiger partial charge in [-0.2, -0.15) is 0 Å². The number of carbonyl (C=O) groups excluding carboxylic acids is 3. The third kappa shape index (κ3) is 10.8. The SMILES string of the molecule is Cc1nc(SC2=C(C(=O)OC(c3ccccc3)c3ccccc3)N3C(=O)[C@@H](NC(=O)/C(=N\OC(c4ccccc4)(c4ccccc4)c4ccccc4)c4nc(NC(c5ccccc5)(c5ccccc5)c5ccccc5)sc4Cl)[C@H]3CC2)sc1C. The van der Waals surface area contributed by atoms with E-state index in [1.54, 1.807) is 0 Å². The molecular weight excluding hydrogens is 1120 g/mol. The van der Waals surface area contributed by atoms with Crippen LogP contribution in [0.4, 0.5) is 5.13 Å². The van der Waals surface area contributed by atoms with E-state index in [0.717, 1.165) is 70.8 Å². The largest absolute Gasteiger partial charge is 0.448 e. The number of hydrogen-bond acceptors (Lipinski definition) is 12. The molecule has 4 heterocycles. The number of benzene rings is 8. The van der Waals surface area contributed by atoms with Crippen molar-refractivity contribution in [2.24, 2.45) is 5.16 Å². The highest BCUT2D eigenvalue weighted by molar-refractivity contribution is 8.04. The van der Waals surface area contributed by atoms with Gasteiger partial charge >= 0.3 is 5.97 Å². The van der Waals surface area contributed by atoms with Gasteiger partial charge in [0.15, 0.2) is 21.3 Å². The fourth-order valence-corrected chi connectivity index (χ4v) is 14.6. The molecule has 2 atom stereocenters. The Labute approximate surface area is 504 Å². The zero-order valence-corrected chi connectivity index (χ0v) is 48.9. The summed E-state index contributed by atoms with van der Waals surface area (Å²) in [5.41, 5.74) is 4.80. The molecule has 84 heavy (non-hydrogen) atoms. The van der Waals surface area contributed by atoms with E-state index in [4.69, 9.17) is 36.3 Å². The van der Waals surface area contributed by atoms with Crippen molar-refractivity contribution in [1.29, 1.82) is 0 Å². The van der Waals surface area contributed by atoms with Crippen LogP contribution in [0.1, 0.15) is 79.7 Å². The van der Waals surface area contributed by atoms with Gasteiger partial charge in [-0.05, 0) is 54.5 Å². The molecule has 0 spiro atoms. The number of β-lactam (4-membered cyclic amide) rings is 1. The van der Waals surface area contributed by atoms with Gasteiger partial charge in [0, 0.05) is 26.5 Å². The van der Waals surface area contributed by atoms with Crippen LogP contribution in [0.25, 0.3) is 0 Å². The minimum atomic E-state index is -1.42. The van der Waals surface area contributed by atoms with Gasteiger partial charge in [0.05, 0.1) is 11.7 Å². The molecule has 2 aromatic heterocycles. The molecule has 10 aromatic rings. The number of halogens is 1. The molecule has 0 radical (unpaired) electrons. The molecule has 8 aromatic carbocycles. The maximum Gasteiger partial charge on any atom is 0.356 e. The number of fused-ring (bicyclic) bond motifs is 1. The van der Waals surface area contributed by atoms with Gasteiger partial charge in [-0.1, -0.05) is 283 Å². The highest BCUT2D eigenvalue weighted by Gasteiger charge is 2.55. The first-order valence-electron chi connectivity index (χ1n) is 27.5. The number of allylic oxidation sites excluding steroid dienone is 1. The predicted octanol–water partition coefficient (Wildman–Crippen LogP) is 14.8. The number of nitrogens with zero attached hydrogens (tertiary/aromatic N) is 4. The summed E-state index contributed by atoms with van der Waals surface area (Å²) in [7, 11) is 0. The van der Waals surface area contributed by atoms with Crippen molar-refractivity contribution in [1.82, 2.24) is 20.2 Å². The van der Waals surface area contributed by atoms with Gasteiger partial charge in [-0.25, -0.2) is 14.8 Å². The predicted molar refractivity (Wildman–Crippen MR) is 334 cm³/mol. The maximum absolute atomic E-state index is 15.7. The number of hydrogen-bond donors (Lipinski definition) is 2. The molecule has 2 aliphatic heterocycles. The number of thiazole rings is 2. The standard InChI is InChI=1S/C69H55ClN6O5S3/c1-45-46(2)82-67(71-45)83-56-44-43-55-57(64(78)76(55)60(56)65(79)80-61(47-27-11-3-12-28-47)48-29-13-4-14-30-48)72-63(77)59(75-81-69(52-37-21-8-22-38-52,53-39-23-9-24-40-53)54-41-25-10-26-42-54)58-62(70)84-66(73-58)74-68(49-31-15-5-16-32-49,50-33-17-6-18-34-50)51-35-19-7-20-36-51/h3-42,55,57,61H,43-44H2,1-2H3,(H,72,77)(H,73,74)/b75-59-/t55-,57+/m1/s1. The van der Waals surface area contributed by atoms with Crippen molar-refractivity contribution in [2.45, 2.75) is 60.4 Å². The van der Waals surface area contributed by atoms with Gasteiger partial charge in [-0.3, -0.25) is 14.5 Å². The molecule has 1 saturated heterocycles. The Morgan fingerprint density at radius 2 is 1.07 bits per heavy atom. The molecule has 2 amide bonds. The van der Waals surface area contributed by atoms with Crippen molar-refractivity contribution in [3.63, 3.8) is 0 Å². The van der Waals surface area contributed by atoms with Gasteiger partial charge in [-0.15, -0.1) is 11.3 Å². The van der Waals surface area contributed by atoms with Crippen LogP contribution in [0.5, 0.6) is 0 Å². The smallest absolute Gasteiger partial charge is 0.356 e. The molecule has 2 aliphatic rings. The molecule has 12 rings (SSSR count). The molecule has 0 saturated carbocycles. The van der Waals surface area contributed by atoms with Crippen molar-refractivity contribution in [3.05, 3.63) is 318 Å². The van der Waals surface area contributed by atoms with Crippen molar-refractivity contribution in [2.75, 3.05) is 5.32 Å². The minimum Gasteiger partial charge on any atom is -0.448 e. The fourth-order valence-electron chi connectivity index (χ4n) is 11.1. The van der Waals surface area contributed by atoms with Crippen LogP contribution in [-0.2, 0) is 35.1 Å². The summed E-state index contributed by atoms with van der Waals surface area (Å²) in [5, 5.41) is 12.1. The number of thioether (sulfide) groups is 1. The molecule has 1 fully saturated rings. The third-order valence-electron chi connectivity index (χ3n) is 15.3. The fraction of sp³-hybridized carbons (Fsp3) is 0.130. The third-order valence-corrected chi connectivity index (χ3v) is 18.7. The number of anilines is 1.